The Labute approximate surface area is 120 Å². The first-order chi connectivity index (χ1) is 9.67. The number of nitriles is 1. The number of rotatable bonds is 4. The van der Waals surface area contributed by atoms with Gasteiger partial charge in [0.25, 0.3) is 0 Å². The summed E-state index contributed by atoms with van der Waals surface area (Å²) in [6, 6.07) is 2.05. The summed E-state index contributed by atoms with van der Waals surface area (Å²) in [5.41, 5.74) is 6.87. The van der Waals surface area contributed by atoms with E-state index in [1.165, 1.54) is 19.3 Å². The number of aryl methyl sites for hydroxylation is 1. The minimum Gasteiger partial charge on any atom is -0.382 e. The molecule has 5 nitrogen and oxygen atoms in total. The van der Waals surface area contributed by atoms with Crippen molar-refractivity contribution in [1.29, 1.82) is 5.26 Å². The van der Waals surface area contributed by atoms with E-state index in [1.54, 1.807) is 6.92 Å². The number of nitrogen functional groups attached to an aromatic ring is 1. The highest BCUT2D eigenvalue weighted by Crippen LogP contribution is 2.36. The van der Waals surface area contributed by atoms with Gasteiger partial charge < -0.3 is 10.5 Å². The van der Waals surface area contributed by atoms with Crippen molar-refractivity contribution in [3.63, 3.8) is 0 Å². The Balaban J connectivity index is 2.31. The molecule has 2 rings (SSSR count). The smallest absolute Gasteiger partial charge is 0.160 e. The third kappa shape index (κ3) is 3.07. The number of nitrogens with two attached hydrogens (primary N) is 1. The van der Waals surface area contributed by atoms with E-state index in [0.717, 1.165) is 12.8 Å². The zero-order valence-corrected chi connectivity index (χ0v) is 12.2. The minimum absolute atomic E-state index is 0.103. The van der Waals surface area contributed by atoms with Gasteiger partial charge in [0.15, 0.2) is 5.82 Å². The van der Waals surface area contributed by atoms with Crippen LogP contribution in [0.25, 0.3) is 0 Å². The highest BCUT2D eigenvalue weighted by Gasteiger charge is 2.28. The number of ether oxygens (including phenoxy) is 1. The van der Waals surface area contributed by atoms with Crippen molar-refractivity contribution in [2.75, 3.05) is 12.3 Å². The summed E-state index contributed by atoms with van der Waals surface area (Å²) in [5, 5.41) is 9.04. The Kier molecular flexibility index (Phi) is 4.91. The van der Waals surface area contributed by atoms with Gasteiger partial charge in [-0.05, 0) is 32.6 Å². The van der Waals surface area contributed by atoms with Crippen molar-refractivity contribution in [1.82, 2.24) is 9.97 Å². The van der Waals surface area contributed by atoms with E-state index in [-0.39, 0.29) is 11.9 Å². The summed E-state index contributed by atoms with van der Waals surface area (Å²) in [6.07, 6.45) is 5.96. The highest BCUT2D eigenvalue weighted by molar-refractivity contribution is 5.50. The molecule has 108 valence electrons. The topological polar surface area (TPSA) is 84.8 Å². The number of hydrogen-bond acceptors (Lipinski definition) is 5. The van der Waals surface area contributed by atoms with Gasteiger partial charge in [-0.3, -0.25) is 0 Å². The maximum atomic E-state index is 9.04. The quantitative estimate of drug-likeness (QED) is 0.912. The van der Waals surface area contributed by atoms with Gasteiger partial charge in [0.1, 0.15) is 23.6 Å². The third-order valence-electron chi connectivity index (χ3n) is 3.93. The summed E-state index contributed by atoms with van der Waals surface area (Å²) in [5.74, 6) is 1.35. The molecule has 0 amide bonds. The molecule has 0 radical (unpaired) electrons. The molecule has 1 unspecified atom stereocenters. The van der Waals surface area contributed by atoms with Crippen LogP contribution in [0.15, 0.2) is 0 Å². The molecule has 2 N–H and O–H groups in total. The molecule has 0 aromatic carbocycles. The lowest BCUT2D eigenvalue weighted by Gasteiger charge is -2.29. The Morgan fingerprint density at radius 2 is 2.05 bits per heavy atom. The van der Waals surface area contributed by atoms with Gasteiger partial charge in [-0.15, -0.1) is 0 Å². The van der Waals surface area contributed by atoms with Crippen LogP contribution in [-0.4, -0.2) is 16.6 Å². The molecule has 1 fully saturated rings. The van der Waals surface area contributed by atoms with Gasteiger partial charge in [0.05, 0.1) is 5.69 Å². The minimum atomic E-state index is -0.103. The van der Waals surface area contributed by atoms with Crippen LogP contribution in [0.3, 0.4) is 0 Å². The molecule has 0 bridgehead atoms. The van der Waals surface area contributed by atoms with Crippen molar-refractivity contribution in [2.45, 2.75) is 52.1 Å². The Morgan fingerprint density at radius 3 is 2.60 bits per heavy atom. The van der Waals surface area contributed by atoms with E-state index in [2.05, 4.69) is 16.0 Å². The first-order valence-electron chi connectivity index (χ1n) is 7.33. The van der Waals surface area contributed by atoms with Crippen LogP contribution in [0, 0.1) is 24.2 Å². The predicted molar refractivity (Wildman–Crippen MR) is 76.8 cm³/mol. The van der Waals surface area contributed by atoms with Crippen LogP contribution < -0.4 is 5.73 Å². The first-order valence-corrected chi connectivity index (χ1v) is 7.33. The van der Waals surface area contributed by atoms with Crippen LogP contribution >= 0.6 is 0 Å². The van der Waals surface area contributed by atoms with Gasteiger partial charge >= 0.3 is 0 Å². The zero-order valence-electron chi connectivity index (χ0n) is 12.2. The molecular formula is C15H22N4O. The summed E-state index contributed by atoms with van der Waals surface area (Å²) < 4.78 is 5.89. The molecular weight excluding hydrogens is 252 g/mol. The maximum absolute atomic E-state index is 9.04. The Morgan fingerprint density at radius 1 is 1.35 bits per heavy atom. The summed E-state index contributed by atoms with van der Waals surface area (Å²) in [4.78, 5) is 8.78. The lowest BCUT2D eigenvalue weighted by Crippen LogP contribution is -2.22. The molecule has 0 spiro atoms. The fraction of sp³-hybridized carbons (Fsp3) is 0.667. The highest BCUT2D eigenvalue weighted by atomic mass is 16.5. The van der Waals surface area contributed by atoms with E-state index < -0.39 is 0 Å². The van der Waals surface area contributed by atoms with Crippen molar-refractivity contribution in [3.8, 4) is 6.07 Å². The van der Waals surface area contributed by atoms with E-state index in [9.17, 15) is 0 Å². The first kappa shape index (κ1) is 14.7. The summed E-state index contributed by atoms with van der Waals surface area (Å²) in [6.45, 7) is 4.41. The molecule has 5 heteroatoms. The van der Waals surface area contributed by atoms with E-state index >= 15 is 0 Å². The summed E-state index contributed by atoms with van der Waals surface area (Å²) in [7, 11) is 0. The van der Waals surface area contributed by atoms with E-state index in [0.29, 0.717) is 29.6 Å². The molecule has 0 aliphatic heterocycles. The molecule has 1 aliphatic rings. The second kappa shape index (κ2) is 6.67. The number of aromatic nitrogens is 2. The van der Waals surface area contributed by atoms with E-state index in [4.69, 9.17) is 15.7 Å². The molecule has 1 saturated carbocycles. The average Bonchev–Trinajstić information content (AvgIpc) is 2.45. The largest absolute Gasteiger partial charge is 0.382 e. The molecule has 1 heterocycles. The van der Waals surface area contributed by atoms with Gasteiger partial charge in [-0.2, -0.15) is 5.26 Å². The fourth-order valence-corrected chi connectivity index (χ4v) is 2.92. The van der Waals surface area contributed by atoms with Crippen LogP contribution in [-0.2, 0) is 4.74 Å². The van der Waals surface area contributed by atoms with Crippen molar-refractivity contribution in [2.24, 2.45) is 5.92 Å². The van der Waals surface area contributed by atoms with Gasteiger partial charge in [-0.25, -0.2) is 9.97 Å². The Hall–Kier alpha value is -1.67. The summed E-state index contributed by atoms with van der Waals surface area (Å²) >= 11 is 0. The second-order valence-electron chi connectivity index (χ2n) is 5.31. The predicted octanol–water partition coefficient (Wildman–Crippen LogP) is 2.90. The molecule has 20 heavy (non-hydrogen) atoms. The molecule has 0 saturated heterocycles. The fourth-order valence-electron chi connectivity index (χ4n) is 2.92. The Bertz CT molecular complexity index is 480. The maximum Gasteiger partial charge on any atom is 0.160 e. The lowest BCUT2D eigenvalue weighted by atomic mass is 9.85. The molecule has 1 atom stereocenters. The molecule has 1 aromatic rings. The SMILES string of the molecule is CCOC(c1nc(C)c(C#N)c(N)n1)C1CCCCC1. The number of nitrogens with zero attached hydrogens (tertiary/aromatic N) is 3. The van der Waals surface area contributed by atoms with Gasteiger partial charge in [0.2, 0.25) is 0 Å². The van der Waals surface area contributed by atoms with Crippen LogP contribution in [0.5, 0.6) is 0 Å². The van der Waals surface area contributed by atoms with Gasteiger partial charge in [0, 0.05) is 6.61 Å². The molecule has 1 aliphatic carbocycles. The van der Waals surface area contributed by atoms with Crippen LogP contribution in [0.1, 0.15) is 62.2 Å². The average molecular weight is 274 g/mol. The van der Waals surface area contributed by atoms with Crippen molar-refractivity contribution in [3.05, 3.63) is 17.1 Å². The standard InChI is InChI=1S/C15H22N4O/c1-3-20-13(11-7-5-4-6-8-11)15-18-10(2)12(9-16)14(17)19-15/h11,13H,3-8H2,1-2H3,(H2,17,18,19). The normalized spacial score (nSPS) is 17.6. The van der Waals surface area contributed by atoms with Crippen molar-refractivity contribution >= 4 is 5.82 Å². The zero-order chi connectivity index (χ0) is 14.5. The second-order valence-corrected chi connectivity index (χ2v) is 5.31. The number of anilines is 1. The monoisotopic (exact) mass is 274 g/mol. The van der Waals surface area contributed by atoms with Crippen molar-refractivity contribution < 1.29 is 4.74 Å². The number of hydrogen-bond donors (Lipinski definition) is 1. The van der Waals surface area contributed by atoms with Crippen LogP contribution in [0.2, 0.25) is 0 Å². The van der Waals surface area contributed by atoms with Gasteiger partial charge in [-0.1, -0.05) is 19.3 Å². The van der Waals surface area contributed by atoms with Crippen LogP contribution in [0.4, 0.5) is 5.82 Å². The van der Waals surface area contributed by atoms with E-state index in [1.807, 2.05) is 6.92 Å². The molecule has 1 aromatic heterocycles. The lowest BCUT2D eigenvalue weighted by molar-refractivity contribution is -0.000194. The third-order valence-corrected chi connectivity index (χ3v) is 3.93.